The molecule has 3 rings (SSSR count). The van der Waals surface area contributed by atoms with E-state index in [-0.39, 0.29) is 0 Å². The maximum atomic E-state index is 5.52. The smallest absolute Gasteiger partial charge is 0.232 e. The molecule has 14 heavy (non-hydrogen) atoms. The van der Waals surface area contributed by atoms with Gasteiger partial charge in [0.05, 0.1) is 6.20 Å². The van der Waals surface area contributed by atoms with Crippen molar-refractivity contribution in [2.75, 3.05) is 6.61 Å². The zero-order valence-corrected chi connectivity index (χ0v) is 7.89. The van der Waals surface area contributed by atoms with Crippen LogP contribution in [0.1, 0.15) is 12.8 Å². The molecule has 1 N–H and O–H groups in total. The number of hydrogen-bond acceptors (Lipinski definition) is 4. The highest BCUT2D eigenvalue weighted by Crippen LogP contribution is 2.40. The predicted molar refractivity (Wildman–Crippen MR) is 51.0 cm³/mol. The van der Waals surface area contributed by atoms with Crippen LogP contribution in [0.2, 0.25) is 0 Å². The van der Waals surface area contributed by atoms with Gasteiger partial charge in [-0.3, -0.25) is 4.98 Å². The SMILES string of the molecule is c1cnc(OC[C@@H]2C[C@H]3C[C@H]3N2)cn1. The van der Waals surface area contributed by atoms with E-state index in [2.05, 4.69) is 15.3 Å². The van der Waals surface area contributed by atoms with Crippen LogP contribution in [0.25, 0.3) is 0 Å². The Bertz CT molecular complexity index is 306. The summed E-state index contributed by atoms with van der Waals surface area (Å²) in [6.07, 6.45) is 7.56. The lowest BCUT2D eigenvalue weighted by Crippen LogP contribution is -2.31. The van der Waals surface area contributed by atoms with Crippen LogP contribution in [0.5, 0.6) is 5.88 Å². The summed E-state index contributed by atoms with van der Waals surface area (Å²) in [7, 11) is 0. The summed E-state index contributed by atoms with van der Waals surface area (Å²) in [5.41, 5.74) is 0. The van der Waals surface area contributed by atoms with Gasteiger partial charge in [-0.1, -0.05) is 0 Å². The molecule has 2 heterocycles. The summed E-state index contributed by atoms with van der Waals surface area (Å²) in [6.45, 7) is 0.714. The van der Waals surface area contributed by atoms with Crippen LogP contribution in [0.15, 0.2) is 18.6 Å². The first kappa shape index (κ1) is 8.17. The summed E-state index contributed by atoms with van der Waals surface area (Å²) in [4.78, 5) is 8.00. The molecule has 4 heteroatoms. The number of piperidine rings is 1. The molecule has 2 fully saturated rings. The minimum Gasteiger partial charge on any atom is -0.475 e. The van der Waals surface area contributed by atoms with Crippen LogP contribution in [-0.4, -0.2) is 28.7 Å². The Morgan fingerprint density at radius 3 is 3.14 bits per heavy atom. The number of rotatable bonds is 3. The number of ether oxygens (including phenoxy) is 1. The number of nitrogens with one attached hydrogen (secondary N) is 1. The summed E-state index contributed by atoms with van der Waals surface area (Å²) >= 11 is 0. The molecule has 0 amide bonds. The molecule has 0 bridgehead atoms. The molecule has 4 nitrogen and oxygen atoms in total. The first-order valence-corrected chi connectivity index (χ1v) is 5.06. The fourth-order valence-corrected chi connectivity index (χ4v) is 2.11. The van der Waals surface area contributed by atoms with Crippen molar-refractivity contribution < 1.29 is 4.74 Å². The number of aromatic nitrogens is 2. The lowest BCUT2D eigenvalue weighted by molar-refractivity contribution is 0.258. The van der Waals surface area contributed by atoms with Crippen LogP contribution in [0.4, 0.5) is 0 Å². The van der Waals surface area contributed by atoms with Gasteiger partial charge in [0.15, 0.2) is 0 Å². The monoisotopic (exact) mass is 191 g/mol. The molecule has 1 saturated carbocycles. The van der Waals surface area contributed by atoms with Gasteiger partial charge in [-0.05, 0) is 18.8 Å². The van der Waals surface area contributed by atoms with Crippen LogP contribution >= 0.6 is 0 Å². The third-order valence-corrected chi connectivity index (χ3v) is 2.93. The van der Waals surface area contributed by atoms with Gasteiger partial charge in [-0.15, -0.1) is 0 Å². The van der Waals surface area contributed by atoms with E-state index in [0.717, 1.165) is 12.0 Å². The lowest BCUT2D eigenvalue weighted by Gasteiger charge is -2.13. The third-order valence-electron chi connectivity index (χ3n) is 2.93. The lowest BCUT2D eigenvalue weighted by atomic mass is 10.2. The molecule has 3 atom stereocenters. The highest BCUT2D eigenvalue weighted by molar-refractivity contribution is 5.05. The van der Waals surface area contributed by atoms with E-state index in [1.807, 2.05) is 0 Å². The van der Waals surface area contributed by atoms with Gasteiger partial charge in [-0.25, -0.2) is 4.98 Å². The predicted octanol–water partition coefficient (Wildman–Crippen LogP) is 0.606. The second-order valence-electron chi connectivity index (χ2n) is 4.06. The summed E-state index contributed by atoms with van der Waals surface area (Å²) in [5, 5.41) is 3.52. The molecule has 1 aliphatic heterocycles. The van der Waals surface area contributed by atoms with Gasteiger partial charge in [-0.2, -0.15) is 0 Å². The Hall–Kier alpha value is -1.16. The molecular weight excluding hydrogens is 178 g/mol. The Morgan fingerprint density at radius 2 is 2.43 bits per heavy atom. The average molecular weight is 191 g/mol. The summed E-state index contributed by atoms with van der Waals surface area (Å²) in [6, 6.07) is 1.30. The molecule has 1 saturated heterocycles. The van der Waals surface area contributed by atoms with E-state index in [9.17, 15) is 0 Å². The minimum atomic E-state index is 0.515. The molecule has 0 radical (unpaired) electrons. The van der Waals surface area contributed by atoms with E-state index >= 15 is 0 Å². The first-order valence-electron chi connectivity index (χ1n) is 5.06. The highest BCUT2D eigenvalue weighted by atomic mass is 16.5. The normalized spacial score (nSPS) is 33.9. The Morgan fingerprint density at radius 1 is 1.43 bits per heavy atom. The van der Waals surface area contributed by atoms with Crippen molar-refractivity contribution in [2.24, 2.45) is 5.92 Å². The van der Waals surface area contributed by atoms with Crippen LogP contribution < -0.4 is 10.1 Å². The first-order chi connectivity index (χ1) is 6.92. The van der Waals surface area contributed by atoms with E-state index in [0.29, 0.717) is 18.5 Å². The maximum absolute atomic E-state index is 5.52. The Kier molecular flexibility index (Phi) is 1.87. The van der Waals surface area contributed by atoms with Gasteiger partial charge in [0, 0.05) is 24.5 Å². The molecule has 74 valence electrons. The molecule has 2 aliphatic rings. The van der Waals surface area contributed by atoms with Gasteiger partial charge < -0.3 is 10.1 Å². The summed E-state index contributed by atoms with van der Waals surface area (Å²) in [5.74, 6) is 1.54. The van der Waals surface area contributed by atoms with Gasteiger partial charge >= 0.3 is 0 Å². The van der Waals surface area contributed by atoms with Crippen molar-refractivity contribution in [1.82, 2.24) is 15.3 Å². The van der Waals surface area contributed by atoms with Crippen molar-refractivity contribution in [3.05, 3.63) is 18.6 Å². The molecule has 1 aromatic heterocycles. The second kappa shape index (κ2) is 3.20. The quantitative estimate of drug-likeness (QED) is 0.760. The van der Waals surface area contributed by atoms with Crippen LogP contribution in [0, 0.1) is 5.92 Å². The van der Waals surface area contributed by atoms with E-state index in [4.69, 9.17) is 4.74 Å². The zero-order chi connectivity index (χ0) is 9.38. The van der Waals surface area contributed by atoms with Crippen molar-refractivity contribution >= 4 is 0 Å². The molecule has 1 aliphatic carbocycles. The minimum absolute atomic E-state index is 0.515. The van der Waals surface area contributed by atoms with Crippen molar-refractivity contribution in [3.8, 4) is 5.88 Å². The second-order valence-corrected chi connectivity index (χ2v) is 4.06. The zero-order valence-electron chi connectivity index (χ0n) is 7.89. The van der Waals surface area contributed by atoms with Gasteiger partial charge in [0.2, 0.25) is 5.88 Å². The maximum Gasteiger partial charge on any atom is 0.232 e. The highest BCUT2D eigenvalue weighted by Gasteiger charge is 2.45. The largest absolute Gasteiger partial charge is 0.475 e. The van der Waals surface area contributed by atoms with Crippen molar-refractivity contribution in [3.63, 3.8) is 0 Å². The van der Waals surface area contributed by atoms with Crippen molar-refractivity contribution in [2.45, 2.75) is 24.9 Å². The molecule has 0 spiro atoms. The molecule has 0 aromatic carbocycles. The third kappa shape index (κ3) is 1.57. The van der Waals surface area contributed by atoms with Gasteiger partial charge in [0.25, 0.3) is 0 Å². The van der Waals surface area contributed by atoms with Gasteiger partial charge in [0.1, 0.15) is 6.61 Å². The number of hydrogen-bond donors (Lipinski definition) is 1. The number of fused-ring (bicyclic) bond motifs is 1. The van der Waals surface area contributed by atoms with Crippen molar-refractivity contribution in [1.29, 1.82) is 0 Å². The van der Waals surface area contributed by atoms with E-state index < -0.39 is 0 Å². The Labute approximate surface area is 82.7 Å². The molecule has 1 aromatic rings. The molecule has 0 unspecified atom stereocenters. The Balaban J connectivity index is 1.50. The fraction of sp³-hybridized carbons (Fsp3) is 0.600. The topological polar surface area (TPSA) is 47.0 Å². The average Bonchev–Trinajstić information content (AvgIpc) is 2.85. The van der Waals surface area contributed by atoms with E-state index in [1.165, 1.54) is 12.8 Å². The standard InChI is InChI=1S/C10H13N3O/c1-2-12-10(5-11-1)14-6-8-3-7-4-9(7)13-8/h1-2,5,7-9,13H,3-4,6H2/t7-,8-,9+/m0/s1. The van der Waals surface area contributed by atoms with Crippen LogP contribution in [0.3, 0.4) is 0 Å². The summed E-state index contributed by atoms with van der Waals surface area (Å²) < 4.78 is 5.52. The molecular formula is C10H13N3O. The fourth-order valence-electron chi connectivity index (χ4n) is 2.11. The number of nitrogens with zero attached hydrogens (tertiary/aromatic N) is 2. The van der Waals surface area contributed by atoms with E-state index in [1.54, 1.807) is 18.6 Å². The van der Waals surface area contributed by atoms with Crippen LogP contribution in [-0.2, 0) is 0 Å².